The number of primary amides is 1. The van der Waals surface area contributed by atoms with Crippen molar-refractivity contribution in [1.29, 1.82) is 0 Å². The van der Waals surface area contributed by atoms with Gasteiger partial charge in [0.1, 0.15) is 11.5 Å². The highest BCUT2D eigenvalue weighted by Gasteiger charge is 2.51. The summed E-state index contributed by atoms with van der Waals surface area (Å²) in [6.45, 7) is 0.886. The van der Waals surface area contributed by atoms with Crippen LogP contribution < -0.4 is 27.0 Å². The van der Waals surface area contributed by atoms with E-state index in [0.29, 0.717) is 69.6 Å². The number of carbonyl (C=O) groups excluding carboxylic acids is 6. The molecule has 222 valence electrons. The number of benzene rings is 1. The summed E-state index contributed by atoms with van der Waals surface area (Å²) in [7, 11) is 0. The Morgan fingerprint density at radius 3 is 2.15 bits per heavy atom. The van der Waals surface area contributed by atoms with Crippen LogP contribution in [0.15, 0.2) is 36.4 Å². The van der Waals surface area contributed by atoms with Crippen LogP contribution in [0.25, 0.3) is 0 Å². The molecule has 41 heavy (non-hydrogen) atoms. The fourth-order valence-corrected chi connectivity index (χ4v) is 4.85. The van der Waals surface area contributed by atoms with Crippen LogP contribution in [0, 0.1) is 5.41 Å². The highest BCUT2D eigenvalue weighted by Crippen LogP contribution is 2.41. The number of imide groups is 1. The maximum Gasteiger partial charge on any atom is 0.312 e. The van der Waals surface area contributed by atoms with Crippen molar-refractivity contribution in [3.63, 3.8) is 0 Å². The molecule has 1 aromatic carbocycles. The van der Waals surface area contributed by atoms with Crippen molar-refractivity contribution in [2.75, 3.05) is 25.0 Å². The number of unbranched alkanes of at least 4 members (excludes halogenated alkanes) is 2. The van der Waals surface area contributed by atoms with Crippen LogP contribution in [0.5, 0.6) is 0 Å². The minimum Gasteiger partial charge on any atom is -0.355 e. The van der Waals surface area contributed by atoms with Crippen molar-refractivity contribution in [2.24, 2.45) is 11.1 Å². The average Bonchev–Trinajstić information content (AvgIpc) is 3.24. The van der Waals surface area contributed by atoms with E-state index in [1.54, 1.807) is 24.3 Å². The van der Waals surface area contributed by atoms with Gasteiger partial charge in [-0.15, -0.1) is 11.6 Å². The SMILES string of the molecule is NC(=O)NCCC[C@H](NC(=O)C1(C(=O)NCCCCCN2C(=O)C=CC2=O)CCC1)C(=O)Nc1ccc(CCl)cc1. The van der Waals surface area contributed by atoms with Gasteiger partial charge in [0.2, 0.25) is 17.7 Å². The molecular weight excluding hydrogens is 552 g/mol. The van der Waals surface area contributed by atoms with Gasteiger partial charge in [0.25, 0.3) is 11.8 Å². The molecular formula is C28H37ClN6O6. The second-order valence-electron chi connectivity index (χ2n) is 10.2. The minimum atomic E-state index is -1.26. The Hall–Kier alpha value is -3.93. The number of carbonyl (C=O) groups is 6. The Morgan fingerprint density at radius 2 is 1.56 bits per heavy atom. The number of urea groups is 1. The monoisotopic (exact) mass is 588 g/mol. The molecule has 0 saturated heterocycles. The number of nitrogens with two attached hydrogens (primary N) is 1. The van der Waals surface area contributed by atoms with Crippen molar-refractivity contribution >= 4 is 52.9 Å². The lowest BCUT2D eigenvalue weighted by Crippen LogP contribution is -2.58. The van der Waals surface area contributed by atoms with Crippen LogP contribution >= 0.6 is 11.6 Å². The van der Waals surface area contributed by atoms with Gasteiger partial charge in [0, 0.05) is 43.4 Å². The number of hydrogen-bond acceptors (Lipinski definition) is 6. The van der Waals surface area contributed by atoms with Gasteiger partial charge in [-0.3, -0.25) is 28.9 Å². The standard InChI is InChI=1S/C28H37ClN6O6/c29-18-19-7-9-20(10-8-19)33-24(38)21(6-4-16-32-27(30)41)34-26(40)28(13-5-14-28)25(39)31-15-2-1-3-17-35-22(36)11-12-23(35)37/h7-12,21H,1-6,13-18H2,(H,31,39)(H,33,38)(H,34,40)(H3,30,32,41)/t21-/m0/s1. The molecule has 1 saturated carbocycles. The van der Waals surface area contributed by atoms with Crippen molar-refractivity contribution in [2.45, 2.75) is 63.3 Å². The minimum absolute atomic E-state index is 0.215. The molecule has 1 fully saturated rings. The summed E-state index contributed by atoms with van der Waals surface area (Å²) < 4.78 is 0. The Balaban J connectivity index is 1.52. The van der Waals surface area contributed by atoms with E-state index in [1.165, 1.54) is 17.1 Å². The van der Waals surface area contributed by atoms with E-state index in [4.69, 9.17) is 17.3 Å². The van der Waals surface area contributed by atoms with Gasteiger partial charge >= 0.3 is 6.03 Å². The lowest BCUT2D eigenvalue weighted by atomic mass is 9.67. The summed E-state index contributed by atoms with van der Waals surface area (Å²) >= 11 is 5.83. The lowest BCUT2D eigenvalue weighted by Gasteiger charge is -2.39. The number of alkyl halides is 1. The number of anilines is 1. The highest BCUT2D eigenvalue weighted by molar-refractivity contribution is 6.17. The summed E-state index contributed by atoms with van der Waals surface area (Å²) in [5.74, 6) is -1.65. The summed E-state index contributed by atoms with van der Waals surface area (Å²) in [5, 5.41) is 10.9. The molecule has 0 bridgehead atoms. The predicted molar refractivity (Wildman–Crippen MR) is 152 cm³/mol. The predicted octanol–water partition coefficient (Wildman–Crippen LogP) is 1.68. The van der Waals surface area contributed by atoms with Crippen LogP contribution in [-0.2, 0) is 29.9 Å². The Bertz CT molecular complexity index is 1150. The molecule has 0 unspecified atom stereocenters. The van der Waals surface area contributed by atoms with E-state index < -0.39 is 29.3 Å². The zero-order chi connectivity index (χ0) is 29.8. The molecule has 6 N–H and O–H groups in total. The second-order valence-corrected chi connectivity index (χ2v) is 10.5. The van der Waals surface area contributed by atoms with E-state index in [1.807, 2.05) is 0 Å². The Morgan fingerprint density at radius 1 is 0.902 bits per heavy atom. The van der Waals surface area contributed by atoms with Gasteiger partial charge in [-0.25, -0.2) is 4.79 Å². The van der Waals surface area contributed by atoms with Crippen molar-refractivity contribution in [3.8, 4) is 0 Å². The fourth-order valence-electron chi connectivity index (χ4n) is 4.67. The Labute approximate surface area is 243 Å². The molecule has 1 heterocycles. The number of rotatable bonds is 16. The fraction of sp³-hybridized carbons (Fsp3) is 0.500. The molecule has 2 aliphatic rings. The van der Waals surface area contributed by atoms with Crippen LogP contribution in [0.2, 0.25) is 0 Å². The third kappa shape index (κ3) is 8.78. The third-order valence-electron chi connectivity index (χ3n) is 7.29. The first-order valence-corrected chi connectivity index (χ1v) is 14.3. The number of nitrogens with one attached hydrogen (secondary N) is 4. The van der Waals surface area contributed by atoms with Crippen LogP contribution in [0.4, 0.5) is 10.5 Å². The molecule has 13 heteroatoms. The molecule has 1 aromatic rings. The molecule has 1 aliphatic heterocycles. The quantitative estimate of drug-likeness (QED) is 0.0848. The van der Waals surface area contributed by atoms with Crippen LogP contribution in [-0.4, -0.2) is 66.1 Å². The topological polar surface area (TPSA) is 180 Å². The van der Waals surface area contributed by atoms with Crippen LogP contribution in [0.1, 0.15) is 56.9 Å². The van der Waals surface area contributed by atoms with Gasteiger partial charge in [-0.05, 0) is 62.6 Å². The van der Waals surface area contributed by atoms with E-state index >= 15 is 0 Å². The molecule has 1 atom stereocenters. The van der Waals surface area contributed by atoms with E-state index in [-0.39, 0.29) is 30.7 Å². The number of nitrogens with zero attached hydrogens (tertiary/aromatic N) is 1. The highest BCUT2D eigenvalue weighted by atomic mass is 35.5. The first kappa shape index (κ1) is 31.6. The summed E-state index contributed by atoms with van der Waals surface area (Å²) in [6.07, 6.45) is 6.44. The smallest absolute Gasteiger partial charge is 0.312 e. The van der Waals surface area contributed by atoms with Crippen molar-refractivity contribution in [3.05, 3.63) is 42.0 Å². The lowest BCUT2D eigenvalue weighted by molar-refractivity contribution is -0.151. The third-order valence-corrected chi connectivity index (χ3v) is 7.60. The summed E-state index contributed by atoms with van der Waals surface area (Å²) in [4.78, 5) is 75.0. The van der Waals surface area contributed by atoms with Crippen LogP contribution in [0.3, 0.4) is 0 Å². The Kier molecular flexibility index (Phi) is 11.7. The second kappa shape index (κ2) is 15.2. The molecule has 1 aliphatic carbocycles. The van der Waals surface area contributed by atoms with Crippen molar-refractivity contribution in [1.82, 2.24) is 20.9 Å². The van der Waals surface area contributed by atoms with E-state index in [0.717, 1.165) is 5.56 Å². The zero-order valence-corrected chi connectivity index (χ0v) is 23.6. The molecule has 12 nitrogen and oxygen atoms in total. The summed E-state index contributed by atoms with van der Waals surface area (Å²) in [6, 6.07) is 5.35. The largest absolute Gasteiger partial charge is 0.355 e. The molecule has 0 radical (unpaired) electrons. The van der Waals surface area contributed by atoms with Gasteiger partial charge in [-0.2, -0.15) is 0 Å². The van der Waals surface area contributed by atoms with Gasteiger partial charge in [0.15, 0.2) is 0 Å². The first-order valence-electron chi connectivity index (χ1n) is 13.8. The molecule has 0 aromatic heterocycles. The first-order chi connectivity index (χ1) is 19.7. The molecule has 7 amide bonds. The number of hydrogen-bond donors (Lipinski definition) is 5. The maximum atomic E-state index is 13.4. The summed E-state index contributed by atoms with van der Waals surface area (Å²) in [5.41, 5.74) is 5.28. The van der Waals surface area contributed by atoms with E-state index in [2.05, 4.69) is 21.3 Å². The zero-order valence-electron chi connectivity index (χ0n) is 22.9. The number of halogens is 1. The van der Waals surface area contributed by atoms with Gasteiger partial charge in [0.05, 0.1) is 0 Å². The number of amides is 7. The van der Waals surface area contributed by atoms with Crippen molar-refractivity contribution < 1.29 is 28.8 Å². The maximum absolute atomic E-state index is 13.4. The van der Waals surface area contributed by atoms with E-state index in [9.17, 15) is 28.8 Å². The average molecular weight is 589 g/mol. The van der Waals surface area contributed by atoms with Gasteiger partial charge < -0.3 is 27.0 Å². The molecule has 0 spiro atoms. The normalized spacial score (nSPS) is 16.1. The van der Waals surface area contributed by atoms with Gasteiger partial charge in [-0.1, -0.05) is 18.6 Å². The molecule has 3 rings (SSSR count).